The van der Waals surface area contributed by atoms with Crippen molar-refractivity contribution in [1.29, 1.82) is 0 Å². The Morgan fingerprint density at radius 2 is 1.91 bits per heavy atom. The van der Waals surface area contributed by atoms with Crippen LogP contribution < -0.4 is 5.73 Å². The molecule has 0 heterocycles. The van der Waals surface area contributed by atoms with Crippen LogP contribution in [0.5, 0.6) is 0 Å². The normalized spacial score (nSPS) is 14.8. The van der Waals surface area contributed by atoms with Crippen LogP contribution in [0.15, 0.2) is 24.3 Å². The SMILES string of the molecule is CCC/C=C/C=C/CC(C)N. The molecule has 1 atom stereocenters. The molecule has 0 saturated carbocycles. The summed E-state index contributed by atoms with van der Waals surface area (Å²) >= 11 is 0. The summed E-state index contributed by atoms with van der Waals surface area (Å²) in [5.74, 6) is 0. The van der Waals surface area contributed by atoms with Gasteiger partial charge in [0.1, 0.15) is 0 Å². The Kier molecular flexibility index (Phi) is 7.16. The molecule has 0 spiro atoms. The molecule has 0 bridgehead atoms. The first-order valence-corrected chi connectivity index (χ1v) is 4.34. The Morgan fingerprint density at radius 1 is 1.27 bits per heavy atom. The van der Waals surface area contributed by atoms with Crippen LogP contribution in [-0.2, 0) is 0 Å². The van der Waals surface area contributed by atoms with E-state index in [1.165, 1.54) is 12.8 Å². The van der Waals surface area contributed by atoms with Crippen molar-refractivity contribution in [2.45, 2.75) is 39.2 Å². The van der Waals surface area contributed by atoms with Gasteiger partial charge in [0.25, 0.3) is 0 Å². The Bertz CT molecular complexity index is 123. The predicted molar refractivity (Wildman–Crippen MR) is 51.5 cm³/mol. The molecule has 0 amide bonds. The van der Waals surface area contributed by atoms with E-state index in [9.17, 15) is 0 Å². The zero-order valence-corrected chi connectivity index (χ0v) is 7.59. The van der Waals surface area contributed by atoms with Crippen LogP contribution in [0.25, 0.3) is 0 Å². The van der Waals surface area contributed by atoms with Gasteiger partial charge in [-0.15, -0.1) is 0 Å². The Labute approximate surface area is 70.0 Å². The Morgan fingerprint density at radius 3 is 2.45 bits per heavy atom. The van der Waals surface area contributed by atoms with Crippen molar-refractivity contribution in [1.82, 2.24) is 0 Å². The quantitative estimate of drug-likeness (QED) is 0.604. The second-order valence-electron chi connectivity index (χ2n) is 2.86. The van der Waals surface area contributed by atoms with Gasteiger partial charge in [-0.2, -0.15) is 0 Å². The summed E-state index contributed by atoms with van der Waals surface area (Å²) in [5, 5.41) is 0. The van der Waals surface area contributed by atoms with Gasteiger partial charge < -0.3 is 5.73 Å². The van der Waals surface area contributed by atoms with Gasteiger partial charge in [-0.3, -0.25) is 0 Å². The molecule has 0 aliphatic heterocycles. The minimum atomic E-state index is 0.283. The topological polar surface area (TPSA) is 26.0 Å². The van der Waals surface area contributed by atoms with Gasteiger partial charge in [0, 0.05) is 6.04 Å². The highest BCUT2D eigenvalue weighted by atomic mass is 14.6. The molecule has 1 heteroatoms. The monoisotopic (exact) mass is 153 g/mol. The van der Waals surface area contributed by atoms with E-state index >= 15 is 0 Å². The van der Waals surface area contributed by atoms with E-state index in [1.54, 1.807) is 0 Å². The summed E-state index contributed by atoms with van der Waals surface area (Å²) in [6.07, 6.45) is 11.8. The summed E-state index contributed by atoms with van der Waals surface area (Å²) in [4.78, 5) is 0. The van der Waals surface area contributed by atoms with Gasteiger partial charge in [-0.05, 0) is 19.8 Å². The van der Waals surface area contributed by atoms with E-state index in [-0.39, 0.29) is 6.04 Å². The zero-order chi connectivity index (χ0) is 8.53. The minimum Gasteiger partial charge on any atom is -0.328 e. The Balaban J connectivity index is 3.28. The van der Waals surface area contributed by atoms with Crippen LogP contribution in [0.1, 0.15) is 33.1 Å². The van der Waals surface area contributed by atoms with Gasteiger partial charge >= 0.3 is 0 Å². The Hall–Kier alpha value is -0.560. The zero-order valence-electron chi connectivity index (χ0n) is 7.59. The van der Waals surface area contributed by atoms with Crippen LogP contribution in [-0.4, -0.2) is 6.04 Å². The summed E-state index contributed by atoms with van der Waals surface area (Å²) in [6, 6.07) is 0.283. The van der Waals surface area contributed by atoms with Crippen molar-refractivity contribution in [3.63, 3.8) is 0 Å². The maximum Gasteiger partial charge on any atom is 0.00451 e. The second-order valence-corrected chi connectivity index (χ2v) is 2.86. The molecule has 1 unspecified atom stereocenters. The van der Waals surface area contributed by atoms with Crippen molar-refractivity contribution >= 4 is 0 Å². The van der Waals surface area contributed by atoms with Crippen molar-refractivity contribution in [3.05, 3.63) is 24.3 Å². The fourth-order valence-electron chi connectivity index (χ4n) is 0.713. The number of nitrogens with two attached hydrogens (primary N) is 1. The van der Waals surface area contributed by atoms with E-state index in [0.29, 0.717) is 0 Å². The van der Waals surface area contributed by atoms with Crippen LogP contribution in [0.4, 0.5) is 0 Å². The van der Waals surface area contributed by atoms with Gasteiger partial charge in [0.2, 0.25) is 0 Å². The fraction of sp³-hybridized carbons (Fsp3) is 0.600. The molecule has 0 aromatic heterocycles. The van der Waals surface area contributed by atoms with Gasteiger partial charge in [0.05, 0.1) is 0 Å². The number of unbranched alkanes of at least 4 members (excludes halogenated alkanes) is 1. The minimum absolute atomic E-state index is 0.283. The number of hydrogen-bond acceptors (Lipinski definition) is 1. The lowest BCUT2D eigenvalue weighted by molar-refractivity contribution is 0.757. The first-order chi connectivity index (χ1) is 5.27. The summed E-state index contributed by atoms with van der Waals surface area (Å²) in [5.41, 5.74) is 5.56. The molecule has 0 aromatic carbocycles. The summed E-state index contributed by atoms with van der Waals surface area (Å²) < 4.78 is 0. The molecule has 11 heavy (non-hydrogen) atoms. The molecule has 2 N–H and O–H groups in total. The molecule has 0 fully saturated rings. The lowest BCUT2D eigenvalue weighted by Gasteiger charge is -1.95. The third-order valence-corrected chi connectivity index (χ3v) is 1.35. The average Bonchev–Trinajstić information content (AvgIpc) is 1.96. The van der Waals surface area contributed by atoms with Gasteiger partial charge in [-0.1, -0.05) is 37.6 Å². The van der Waals surface area contributed by atoms with Crippen LogP contribution in [0, 0.1) is 0 Å². The number of hydrogen-bond donors (Lipinski definition) is 1. The highest BCUT2D eigenvalue weighted by Gasteiger charge is 1.84. The summed E-state index contributed by atoms with van der Waals surface area (Å²) in [7, 11) is 0. The van der Waals surface area contributed by atoms with Gasteiger partial charge in [-0.25, -0.2) is 0 Å². The predicted octanol–water partition coefficient (Wildman–Crippen LogP) is 2.64. The molecular weight excluding hydrogens is 134 g/mol. The molecule has 0 radical (unpaired) electrons. The van der Waals surface area contributed by atoms with Crippen LogP contribution in [0.3, 0.4) is 0 Å². The number of rotatable bonds is 5. The van der Waals surface area contributed by atoms with Crippen molar-refractivity contribution in [3.8, 4) is 0 Å². The lowest BCUT2D eigenvalue weighted by atomic mass is 10.2. The summed E-state index contributed by atoms with van der Waals surface area (Å²) in [6.45, 7) is 4.19. The number of allylic oxidation sites excluding steroid dienone is 3. The molecular formula is C10H19N. The van der Waals surface area contributed by atoms with E-state index < -0.39 is 0 Å². The third-order valence-electron chi connectivity index (χ3n) is 1.35. The fourth-order valence-corrected chi connectivity index (χ4v) is 0.713. The van der Waals surface area contributed by atoms with E-state index in [4.69, 9.17) is 5.73 Å². The first kappa shape index (κ1) is 10.4. The van der Waals surface area contributed by atoms with E-state index in [0.717, 1.165) is 6.42 Å². The van der Waals surface area contributed by atoms with Crippen molar-refractivity contribution in [2.75, 3.05) is 0 Å². The second kappa shape index (κ2) is 7.55. The van der Waals surface area contributed by atoms with Crippen molar-refractivity contribution in [2.24, 2.45) is 5.73 Å². The standard InChI is InChI=1S/C10H19N/c1-3-4-5-6-7-8-9-10(2)11/h5-8,10H,3-4,9,11H2,1-2H3/b6-5+,8-7+. The molecule has 0 aliphatic rings. The molecule has 64 valence electrons. The van der Waals surface area contributed by atoms with Crippen molar-refractivity contribution < 1.29 is 0 Å². The van der Waals surface area contributed by atoms with Crippen LogP contribution in [0.2, 0.25) is 0 Å². The maximum absolute atomic E-state index is 5.56. The first-order valence-electron chi connectivity index (χ1n) is 4.34. The smallest absolute Gasteiger partial charge is 0.00451 e. The third kappa shape index (κ3) is 9.44. The highest BCUT2D eigenvalue weighted by Crippen LogP contribution is 1.91. The molecule has 0 rings (SSSR count). The van der Waals surface area contributed by atoms with Gasteiger partial charge in [0.15, 0.2) is 0 Å². The molecule has 0 saturated heterocycles. The van der Waals surface area contributed by atoms with E-state index in [1.807, 2.05) is 6.92 Å². The molecule has 0 aromatic rings. The molecule has 1 nitrogen and oxygen atoms in total. The highest BCUT2D eigenvalue weighted by molar-refractivity contribution is 5.02. The lowest BCUT2D eigenvalue weighted by Crippen LogP contribution is -2.12. The van der Waals surface area contributed by atoms with Crippen LogP contribution >= 0.6 is 0 Å². The molecule has 0 aliphatic carbocycles. The average molecular weight is 153 g/mol. The van der Waals surface area contributed by atoms with E-state index in [2.05, 4.69) is 31.2 Å². The maximum atomic E-state index is 5.56. The largest absolute Gasteiger partial charge is 0.328 e.